The van der Waals surface area contributed by atoms with Crippen LogP contribution in [0.2, 0.25) is 0 Å². The van der Waals surface area contributed by atoms with E-state index in [0.717, 1.165) is 11.1 Å². The number of hydrazone groups is 1. The highest BCUT2D eigenvalue weighted by Crippen LogP contribution is 2.23. The number of nitro groups is 1. The Hall–Kier alpha value is -3.52. The van der Waals surface area contributed by atoms with Crippen molar-refractivity contribution < 1.29 is 9.34 Å². The molecule has 0 aliphatic carbocycles. The molecule has 2 aromatic carbocycles. The summed E-state index contributed by atoms with van der Waals surface area (Å²) < 4.78 is 5.66. The number of thiocarbonyl (C=S) groups is 1. The minimum atomic E-state index is -0.440. The number of non-ortho nitro benzene ring substituents is 1. The van der Waals surface area contributed by atoms with E-state index in [1.54, 1.807) is 24.3 Å². The SMILES string of the molecule is O=[N+]([O-])c1ccc(-c2ccc(/C=N\NC(=S)NCc3ccccc3)o2)cc1. The van der Waals surface area contributed by atoms with Crippen LogP contribution >= 0.6 is 12.2 Å². The zero-order valence-electron chi connectivity index (χ0n) is 14.2. The van der Waals surface area contributed by atoms with Gasteiger partial charge >= 0.3 is 0 Å². The van der Waals surface area contributed by atoms with Gasteiger partial charge in [0.05, 0.1) is 11.1 Å². The summed E-state index contributed by atoms with van der Waals surface area (Å²) >= 11 is 5.16. The van der Waals surface area contributed by atoms with Crippen LogP contribution in [0.15, 0.2) is 76.2 Å². The van der Waals surface area contributed by atoms with Crippen LogP contribution in [-0.4, -0.2) is 16.3 Å². The lowest BCUT2D eigenvalue weighted by Crippen LogP contribution is -2.31. The number of benzene rings is 2. The molecule has 0 saturated carbocycles. The lowest BCUT2D eigenvalue weighted by Gasteiger charge is -2.06. The van der Waals surface area contributed by atoms with E-state index in [0.29, 0.717) is 23.2 Å². The molecule has 27 heavy (non-hydrogen) atoms. The van der Waals surface area contributed by atoms with E-state index in [9.17, 15) is 10.1 Å². The Kier molecular flexibility index (Phi) is 5.91. The van der Waals surface area contributed by atoms with Gasteiger partial charge in [-0.05, 0) is 42.0 Å². The summed E-state index contributed by atoms with van der Waals surface area (Å²) in [6.07, 6.45) is 1.51. The van der Waals surface area contributed by atoms with Crippen LogP contribution in [0.3, 0.4) is 0 Å². The molecule has 0 amide bonds. The van der Waals surface area contributed by atoms with Gasteiger partial charge in [0.1, 0.15) is 11.5 Å². The van der Waals surface area contributed by atoms with Crippen molar-refractivity contribution >= 4 is 29.2 Å². The van der Waals surface area contributed by atoms with Crippen molar-refractivity contribution in [2.24, 2.45) is 5.10 Å². The average Bonchev–Trinajstić information content (AvgIpc) is 3.16. The molecule has 8 heteroatoms. The van der Waals surface area contributed by atoms with Gasteiger partial charge in [-0.25, -0.2) is 0 Å². The second-order valence-corrected chi connectivity index (χ2v) is 5.95. The van der Waals surface area contributed by atoms with Gasteiger partial charge in [0.15, 0.2) is 5.11 Å². The Morgan fingerprint density at radius 1 is 1.11 bits per heavy atom. The fourth-order valence-electron chi connectivity index (χ4n) is 2.30. The summed E-state index contributed by atoms with van der Waals surface area (Å²) in [4.78, 5) is 10.3. The summed E-state index contributed by atoms with van der Waals surface area (Å²) in [5.41, 5.74) is 4.62. The highest BCUT2D eigenvalue weighted by Gasteiger charge is 2.07. The molecule has 2 N–H and O–H groups in total. The van der Waals surface area contributed by atoms with E-state index in [-0.39, 0.29) is 5.69 Å². The quantitative estimate of drug-likeness (QED) is 0.292. The molecule has 136 valence electrons. The summed E-state index contributed by atoms with van der Waals surface area (Å²) in [6.45, 7) is 0.604. The van der Waals surface area contributed by atoms with Crippen molar-refractivity contribution in [3.8, 4) is 11.3 Å². The first-order valence-electron chi connectivity index (χ1n) is 8.07. The molecule has 3 rings (SSSR count). The molecular weight excluding hydrogens is 364 g/mol. The van der Waals surface area contributed by atoms with Crippen LogP contribution in [0.1, 0.15) is 11.3 Å². The standard InChI is InChI=1S/C19H16N4O3S/c24-23(25)16-8-6-15(7-9-16)18-11-10-17(26-18)13-21-22-19(27)20-12-14-4-2-1-3-5-14/h1-11,13H,12H2,(H2,20,22,27)/b21-13-. The molecule has 0 saturated heterocycles. The number of furan rings is 1. The summed E-state index contributed by atoms with van der Waals surface area (Å²) in [5.74, 6) is 1.12. The minimum Gasteiger partial charge on any atom is -0.455 e. The summed E-state index contributed by atoms with van der Waals surface area (Å²) in [6, 6.07) is 19.6. The Labute approximate surface area is 160 Å². The number of nitro benzene ring substituents is 1. The second kappa shape index (κ2) is 8.72. The van der Waals surface area contributed by atoms with Crippen molar-refractivity contribution in [2.45, 2.75) is 6.54 Å². The van der Waals surface area contributed by atoms with Crippen molar-refractivity contribution in [2.75, 3.05) is 0 Å². The largest absolute Gasteiger partial charge is 0.455 e. The predicted octanol–water partition coefficient (Wildman–Crippen LogP) is 3.85. The number of rotatable bonds is 6. The van der Waals surface area contributed by atoms with Crippen molar-refractivity contribution in [3.05, 3.63) is 88.2 Å². The van der Waals surface area contributed by atoms with Gasteiger partial charge in [0.2, 0.25) is 0 Å². The predicted molar refractivity (Wildman–Crippen MR) is 107 cm³/mol. The molecule has 7 nitrogen and oxygen atoms in total. The van der Waals surface area contributed by atoms with Crippen molar-refractivity contribution in [3.63, 3.8) is 0 Å². The Bertz CT molecular complexity index is 953. The molecule has 0 spiro atoms. The first kappa shape index (κ1) is 18.3. The molecular formula is C19H16N4O3S. The van der Waals surface area contributed by atoms with Gasteiger partial charge < -0.3 is 9.73 Å². The average molecular weight is 380 g/mol. The van der Waals surface area contributed by atoms with Crippen LogP contribution in [0.25, 0.3) is 11.3 Å². The molecule has 1 heterocycles. The normalized spacial score (nSPS) is 10.7. The Morgan fingerprint density at radius 3 is 2.56 bits per heavy atom. The maximum absolute atomic E-state index is 10.7. The number of nitrogens with zero attached hydrogens (tertiary/aromatic N) is 2. The maximum Gasteiger partial charge on any atom is 0.269 e. The van der Waals surface area contributed by atoms with Gasteiger partial charge in [0, 0.05) is 24.2 Å². The highest BCUT2D eigenvalue weighted by atomic mass is 32.1. The molecule has 0 fully saturated rings. The zero-order valence-corrected chi connectivity index (χ0v) is 15.0. The van der Waals surface area contributed by atoms with E-state index < -0.39 is 4.92 Å². The molecule has 0 radical (unpaired) electrons. The van der Waals surface area contributed by atoms with E-state index >= 15 is 0 Å². The first-order chi connectivity index (χ1) is 13.1. The molecule has 3 aromatic rings. The molecule has 0 unspecified atom stereocenters. The number of hydrogen-bond donors (Lipinski definition) is 2. The van der Waals surface area contributed by atoms with Gasteiger partial charge in [0.25, 0.3) is 5.69 Å². The van der Waals surface area contributed by atoms with Crippen LogP contribution in [0.5, 0.6) is 0 Å². The molecule has 0 aliphatic rings. The highest BCUT2D eigenvalue weighted by molar-refractivity contribution is 7.80. The monoisotopic (exact) mass is 380 g/mol. The third kappa shape index (κ3) is 5.23. The van der Waals surface area contributed by atoms with Crippen LogP contribution in [0, 0.1) is 10.1 Å². The minimum absolute atomic E-state index is 0.0350. The third-order valence-electron chi connectivity index (χ3n) is 3.64. The summed E-state index contributed by atoms with van der Waals surface area (Å²) in [7, 11) is 0. The smallest absolute Gasteiger partial charge is 0.269 e. The third-order valence-corrected chi connectivity index (χ3v) is 3.88. The Morgan fingerprint density at radius 2 is 1.85 bits per heavy atom. The maximum atomic E-state index is 10.7. The zero-order chi connectivity index (χ0) is 19.1. The lowest BCUT2D eigenvalue weighted by molar-refractivity contribution is -0.384. The van der Waals surface area contributed by atoms with Crippen LogP contribution < -0.4 is 10.7 Å². The van der Waals surface area contributed by atoms with E-state index in [2.05, 4.69) is 15.8 Å². The van der Waals surface area contributed by atoms with E-state index in [1.165, 1.54) is 18.3 Å². The number of hydrogen-bond acceptors (Lipinski definition) is 5. The van der Waals surface area contributed by atoms with Crippen LogP contribution in [-0.2, 0) is 6.54 Å². The van der Waals surface area contributed by atoms with Gasteiger partial charge in [-0.3, -0.25) is 15.5 Å². The summed E-state index contributed by atoms with van der Waals surface area (Å²) in [5, 5.41) is 18.2. The fourth-order valence-corrected chi connectivity index (χ4v) is 2.42. The lowest BCUT2D eigenvalue weighted by atomic mass is 10.1. The second-order valence-electron chi connectivity index (χ2n) is 5.54. The number of nitrogens with one attached hydrogen (secondary N) is 2. The van der Waals surface area contributed by atoms with Crippen LogP contribution in [0.4, 0.5) is 5.69 Å². The molecule has 0 bridgehead atoms. The molecule has 1 aromatic heterocycles. The van der Waals surface area contributed by atoms with Gasteiger partial charge in [-0.2, -0.15) is 5.10 Å². The van der Waals surface area contributed by atoms with Gasteiger partial charge in [-0.15, -0.1) is 0 Å². The van der Waals surface area contributed by atoms with E-state index in [1.807, 2.05) is 30.3 Å². The topological polar surface area (TPSA) is 92.7 Å². The molecule has 0 atom stereocenters. The van der Waals surface area contributed by atoms with Gasteiger partial charge in [-0.1, -0.05) is 30.3 Å². The van der Waals surface area contributed by atoms with E-state index in [4.69, 9.17) is 16.6 Å². The fraction of sp³-hybridized carbons (Fsp3) is 0.0526. The van der Waals surface area contributed by atoms with Crippen molar-refractivity contribution in [1.82, 2.24) is 10.7 Å². The van der Waals surface area contributed by atoms with Crippen molar-refractivity contribution in [1.29, 1.82) is 0 Å². The molecule has 0 aliphatic heterocycles. The first-order valence-corrected chi connectivity index (χ1v) is 8.48. The Balaban J connectivity index is 1.52.